The minimum Gasteiger partial charge on any atom is -0.443 e. The van der Waals surface area contributed by atoms with Gasteiger partial charge in [0.2, 0.25) is 11.8 Å². The molecule has 0 saturated carbocycles. The SMILES string of the molecule is CN=C(NCC(=O)N1CCc2ccccc2C1)NCc1ncc(C(C)(C)C)o1.I. The van der Waals surface area contributed by atoms with Gasteiger partial charge in [-0.25, -0.2) is 4.98 Å². The van der Waals surface area contributed by atoms with Crippen molar-refractivity contribution >= 4 is 35.8 Å². The topological polar surface area (TPSA) is 82.8 Å². The summed E-state index contributed by atoms with van der Waals surface area (Å²) >= 11 is 0. The van der Waals surface area contributed by atoms with Crippen molar-refractivity contribution in [1.82, 2.24) is 20.5 Å². The molecule has 0 unspecified atom stereocenters. The highest BCUT2D eigenvalue weighted by Crippen LogP contribution is 2.22. The van der Waals surface area contributed by atoms with Crippen LogP contribution in [-0.4, -0.2) is 41.9 Å². The monoisotopic (exact) mass is 511 g/mol. The second-order valence-electron chi connectivity index (χ2n) is 7.98. The average molecular weight is 511 g/mol. The number of rotatable bonds is 4. The van der Waals surface area contributed by atoms with E-state index in [0.29, 0.717) is 24.9 Å². The minimum absolute atomic E-state index is 0. The Balaban J connectivity index is 0.00000300. The van der Waals surface area contributed by atoms with Gasteiger partial charge in [-0.05, 0) is 17.5 Å². The van der Waals surface area contributed by atoms with Crippen molar-refractivity contribution in [3.05, 3.63) is 53.2 Å². The fourth-order valence-electron chi connectivity index (χ4n) is 3.10. The fraction of sp³-hybridized carbons (Fsp3) is 0.476. The van der Waals surface area contributed by atoms with E-state index in [0.717, 1.165) is 18.7 Å². The highest BCUT2D eigenvalue weighted by Gasteiger charge is 2.21. The summed E-state index contributed by atoms with van der Waals surface area (Å²) < 4.78 is 5.77. The molecule has 0 radical (unpaired) electrons. The molecule has 2 aromatic rings. The van der Waals surface area contributed by atoms with Crippen LogP contribution in [0.15, 0.2) is 39.9 Å². The van der Waals surface area contributed by atoms with E-state index in [1.165, 1.54) is 11.1 Å². The number of carbonyl (C=O) groups excluding carboxylic acids is 1. The van der Waals surface area contributed by atoms with E-state index >= 15 is 0 Å². The number of aromatic nitrogens is 1. The molecule has 1 aliphatic rings. The summed E-state index contributed by atoms with van der Waals surface area (Å²) in [6.45, 7) is 8.24. The number of halogens is 1. The van der Waals surface area contributed by atoms with E-state index < -0.39 is 0 Å². The van der Waals surface area contributed by atoms with E-state index in [1.807, 2.05) is 17.0 Å². The Morgan fingerprint density at radius 1 is 1.24 bits per heavy atom. The van der Waals surface area contributed by atoms with Crippen molar-refractivity contribution in [3.8, 4) is 0 Å². The zero-order valence-corrected chi connectivity index (χ0v) is 19.8. The highest BCUT2D eigenvalue weighted by atomic mass is 127. The molecule has 2 heterocycles. The molecule has 0 aliphatic carbocycles. The number of benzene rings is 1. The Morgan fingerprint density at radius 3 is 2.62 bits per heavy atom. The van der Waals surface area contributed by atoms with Gasteiger partial charge in [0.05, 0.1) is 19.3 Å². The van der Waals surface area contributed by atoms with Gasteiger partial charge in [-0.2, -0.15) is 0 Å². The predicted molar refractivity (Wildman–Crippen MR) is 124 cm³/mol. The molecule has 0 saturated heterocycles. The van der Waals surface area contributed by atoms with Crippen LogP contribution in [0.2, 0.25) is 0 Å². The molecule has 0 bridgehead atoms. The number of fused-ring (bicyclic) bond motifs is 1. The molecule has 158 valence electrons. The van der Waals surface area contributed by atoms with E-state index in [2.05, 4.69) is 53.5 Å². The Hall–Kier alpha value is -2.10. The standard InChI is InChI=1S/C21H29N5O2.HI/c1-21(2,3)17-11-23-18(28-17)12-24-20(22-4)25-13-19(27)26-10-9-15-7-5-6-8-16(15)14-26;/h5-8,11H,9-10,12-14H2,1-4H3,(H2,22,24,25);1H. The summed E-state index contributed by atoms with van der Waals surface area (Å²) in [5.74, 6) is 2.03. The second-order valence-corrected chi connectivity index (χ2v) is 7.98. The summed E-state index contributed by atoms with van der Waals surface area (Å²) in [4.78, 5) is 22.9. The molecule has 0 fully saturated rings. The molecule has 1 aliphatic heterocycles. The van der Waals surface area contributed by atoms with Crippen LogP contribution in [0.4, 0.5) is 0 Å². The van der Waals surface area contributed by atoms with Crippen LogP contribution in [-0.2, 0) is 29.7 Å². The number of aliphatic imine (C=N–C) groups is 1. The number of carbonyl (C=O) groups is 1. The van der Waals surface area contributed by atoms with Crippen molar-refractivity contribution in [2.24, 2.45) is 4.99 Å². The first-order valence-electron chi connectivity index (χ1n) is 9.61. The van der Waals surface area contributed by atoms with Gasteiger partial charge in [0.25, 0.3) is 0 Å². The average Bonchev–Trinajstić information content (AvgIpc) is 3.17. The lowest BCUT2D eigenvalue weighted by Crippen LogP contribution is -2.45. The fourth-order valence-corrected chi connectivity index (χ4v) is 3.10. The third kappa shape index (κ3) is 6.19. The summed E-state index contributed by atoms with van der Waals surface area (Å²) in [5, 5.41) is 6.21. The summed E-state index contributed by atoms with van der Waals surface area (Å²) in [7, 11) is 1.67. The van der Waals surface area contributed by atoms with Gasteiger partial charge >= 0.3 is 0 Å². The summed E-state index contributed by atoms with van der Waals surface area (Å²) in [5.41, 5.74) is 2.48. The first-order chi connectivity index (χ1) is 13.4. The summed E-state index contributed by atoms with van der Waals surface area (Å²) in [6.07, 6.45) is 2.65. The normalized spacial score (nSPS) is 14.1. The lowest BCUT2D eigenvalue weighted by molar-refractivity contribution is -0.130. The zero-order valence-electron chi connectivity index (χ0n) is 17.5. The number of hydrogen-bond donors (Lipinski definition) is 2. The molecule has 0 atom stereocenters. The van der Waals surface area contributed by atoms with Crippen LogP contribution < -0.4 is 10.6 Å². The molecule has 2 N–H and O–H groups in total. The van der Waals surface area contributed by atoms with Crippen LogP contribution in [0.25, 0.3) is 0 Å². The molecule has 1 aromatic heterocycles. The number of hydrogen-bond acceptors (Lipinski definition) is 4. The lowest BCUT2D eigenvalue weighted by Gasteiger charge is -2.29. The Morgan fingerprint density at radius 2 is 1.97 bits per heavy atom. The smallest absolute Gasteiger partial charge is 0.242 e. The van der Waals surface area contributed by atoms with Gasteiger partial charge in [-0.3, -0.25) is 9.79 Å². The first kappa shape index (κ1) is 23.2. The van der Waals surface area contributed by atoms with Crippen molar-refractivity contribution in [1.29, 1.82) is 0 Å². The third-order valence-corrected chi connectivity index (χ3v) is 4.81. The van der Waals surface area contributed by atoms with Crippen LogP contribution in [0.1, 0.15) is 43.5 Å². The van der Waals surface area contributed by atoms with Crippen LogP contribution in [0.3, 0.4) is 0 Å². The van der Waals surface area contributed by atoms with Crippen LogP contribution in [0.5, 0.6) is 0 Å². The Bertz CT molecular complexity index is 857. The van der Waals surface area contributed by atoms with Crippen molar-refractivity contribution in [2.75, 3.05) is 20.1 Å². The third-order valence-electron chi connectivity index (χ3n) is 4.81. The predicted octanol–water partition coefficient (Wildman–Crippen LogP) is 2.84. The van der Waals surface area contributed by atoms with E-state index in [9.17, 15) is 4.79 Å². The van der Waals surface area contributed by atoms with E-state index in [4.69, 9.17) is 4.42 Å². The number of guanidine groups is 1. The molecule has 0 spiro atoms. The minimum atomic E-state index is -0.0787. The number of amides is 1. The maximum Gasteiger partial charge on any atom is 0.242 e. The van der Waals surface area contributed by atoms with Gasteiger partial charge in [0.15, 0.2) is 5.96 Å². The van der Waals surface area contributed by atoms with Crippen molar-refractivity contribution in [3.63, 3.8) is 0 Å². The van der Waals surface area contributed by atoms with E-state index in [-0.39, 0.29) is 41.8 Å². The van der Waals surface area contributed by atoms with Gasteiger partial charge in [0, 0.05) is 25.6 Å². The molecular formula is C21H30IN5O2. The van der Waals surface area contributed by atoms with Crippen LogP contribution >= 0.6 is 24.0 Å². The number of nitrogens with one attached hydrogen (secondary N) is 2. The quantitative estimate of drug-likeness (QED) is 0.375. The van der Waals surface area contributed by atoms with Crippen molar-refractivity contribution in [2.45, 2.75) is 45.7 Å². The van der Waals surface area contributed by atoms with Gasteiger partial charge < -0.3 is 20.0 Å². The Kier molecular flexibility index (Phi) is 8.06. The molecular weight excluding hydrogens is 481 g/mol. The maximum absolute atomic E-state index is 12.6. The number of nitrogens with zero attached hydrogens (tertiary/aromatic N) is 3. The Labute approximate surface area is 189 Å². The van der Waals surface area contributed by atoms with Gasteiger partial charge in [0.1, 0.15) is 5.76 Å². The zero-order chi connectivity index (χ0) is 20.1. The van der Waals surface area contributed by atoms with Gasteiger partial charge in [-0.15, -0.1) is 24.0 Å². The summed E-state index contributed by atoms with van der Waals surface area (Å²) in [6, 6.07) is 8.29. The molecule has 8 heteroatoms. The van der Waals surface area contributed by atoms with E-state index in [1.54, 1.807) is 13.2 Å². The molecule has 29 heavy (non-hydrogen) atoms. The molecule has 1 aromatic carbocycles. The highest BCUT2D eigenvalue weighted by molar-refractivity contribution is 14.0. The van der Waals surface area contributed by atoms with Gasteiger partial charge in [-0.1, -0.05) is 45.0 Å². The molecule has 7 nitrogen and oxygen atoms in total. The molecule has 1 amide bonds. The lowest BCUT2D eigenvalue weighted by atomic mass is 9.94. The van der Waals surface area contributed by atoms with Crippen molar-refractivity contribution < 1.29 is 9.21 Å². The molecule has 3 rings (SSSR count). The maximum atomic E-state index is 12.6. The second kappa shape index (κ2) is 10.1. The number of oxazole rings is 1. The first-order valence-corrected chi connectivity index (χ1v) is 9.61. The largest absolute Gasteiger partial charge is 0.443 e. The van der Waals surface area contributed by atoms with Crippen LogP contribution in [0, 0.1) is 0 Å².